The van der Waals surface area contributed by atoms with Gasteiger partial charge in [-0.05, 0) is 109 Å². The Labute approximate surface area is 343 Å². The summed E-state index contributed by atoms with van der Waals surface area (Å²) in [5.74, 6) is 7.26. The molecule has 13 nitrogen and oxygen atoms in total. The van der Waals surface area contributed by atoms with Crippen LogP contribution in [0.25, 0.3) is 11.3 Å². The summed E-state index contributed by atoms with van der Waals surface area (Å²) in [6, 6.07) is 18.1. The lowest BCUT2D eigenvalue weighted by Crippen LogP contribution is -2.47. The number of aliphatic hydroxyl groups is 2. The van der Waals surface area contributed by atoms with Crippen LogP contribution in [0.4, 0.5) is 16.2 Å². The smallest absolute Gasteiger partial charge is 0.415 e. The zero-order valence-corrected chi connectivity index (χ0v) is 34.0. The van der Waals surface area contributed by atoms with E-state index in [4.69, 9.17) is 15.3 Å². The number of hydrogen-bond acceptors (Lipinski definition) is 11. The molecule has 1 amide bonds. The number of carbonyl (C=O) groups excluding carboxylic acids is 1. The normalized spacial score (nSPS) is 21.1. The summed E-state index contributed by atoms with van der Waals surface area (Å²) in [5, 5.41) is 47.7. The van der Waals surface area contributed by atoms with Gasteiger partial charge in [-0.2, -0.15) is 0 Å². The Hall–Kier alpha value is -5.60. The van der Waals surface area contributed by atoms with Gasteiger partial charge in [0, 0.05) is 59.3 Å². The number of aromatic nitrogens is 1. The number of fused-ring (bicyclic) bond motifs is 5. The quantitative estimate of drug-likeness (QED) is 0.0759. The van der Waals surface area contributed by atoms with Crippen LogP contribution in [0.2, 0.25) is 0 Å². The van der Waals surface area contributed by atoms with Crippen LogP contribution in [0.3, 0.4) is 0 Å². The fraction of sp³-hybridized carbons (Fsp3) is 0.391. The maximum atomic E-state index is 13.8. The third-order valence-electron chi connectivity index (χ3n) is 12.7. The number of ether oxygens (including phenoxy) is 2. The van der Waals surface area contributed by atoms with E-state index in [1.165, 1.54) is 11.1 Å². The highest BCUT2D eigenvalue weighted by Gasteiger charge is 2.46. The van der Waals surface area contributed by atoms with E-state index >= 15 is 0 Å². The summed E-state index contributed by atoms with van der Waals surface area (Å²) < 4.78 is 13.1. The minimum atomic E-state index is -1.68. The second-order valence-corrected chi connectivity index (χ2v) is 16.5. The number of anilines is 2. The van der Waals surface area contributed by atoms with E-state index in [-0.39, 0.29) is 48.1 Å². The van der Waals surface area contributed by atoms with Crippen LogP contribution in [-0.4, -0.2) is 55.4 Å². The van der Waals surface area contributed by atoms with E-state index in [1.807, 2.05) is 56.3 Å². The van der Waals surface area contributed by atoms with Gasteiger partial charge in [-0.3, -0.25) is 9.80 Å². The number of nitrogens with two attached hydrogens (primary N) is 1. The molecule has 1 saturated heterocycles. The number of aromatic hydroxyl groups is 2. The van der Waals surface area contributed by atoms with Gasteiger partial charge in [0.1, 0.15) is 22.8 Å². The zero-order valence-electron chi connectivity index (χ0n) is 34.0. The third kappa shape index (κ3) is 7.05. The average Bonchev–Trinajstić information content (AvgIpc) is 3.59. The summed E-state index contributed by atoms with van der Waals surface area (Å²) in [7, 11) is 0. The highest BCUT2D eigenvalue weighted by Crippen LogP contribution is 2.48. The maximum absolute atomic E-state index is 13.8. The van der Waals surface area contributed by atoms with Crippen molar-refractivity contribution in [2.45, 2.75) is 96.8 Å². The third-order valence-corrected chi connectivity index (χ3v) is 12.7. The Kier molecular flexibility index (Phi) is 10.6. The van der Waals surface area contributed by atoms with Gasteiger partial charge in [-0.1, -0.05) is 46.4 Å². The first-order chi connectivity index (χ1) is 28.2. The molecule has 4 aliphatic rings. The van der Waals surface area contributed by atoms with Gasteiger partial charge in [0.2, 0.25) is 0 Å². The molecule has 3 aromatic carbocycles. The molecule has 7 N–H and O–H groups in total. The molecule has 59 heavy (non-hydrogen) atoms. The van der Waals surface area contributed by atoms with Crippen molar-refractivity contribution in [3.8, 4) is 17.2 Å². The standard InChI is InChI=1S/C46H53N5O8/c1-6-31-34-19-30(12-13-38(34)48-42-35(31)23-50-39(42)21-37-36(43(50)54)24-58-44(55)46(37,57)7-2)59-45(56)49-16-14-28(15-17-49)18-27-8-10-29(11-9-27)51(47)26(5)33-20-32(25(3)4)40(52)22-41(33)53/h8-13,19-22,25,28,42,44,48,52-53,55,57H,5-7,14-18,23-24,47H2,1-4H3/t42?,44-,46?/m1/s1. The Morgan fingerprint density at radius 3 is 2.47 bits per heavy atom. The van der Waals surface area contributed by atoms with Crippen molar-refractivity contribution in [2.24, 2.45) is 11.8 Å². The number of benzene rings is 3. The number of hydrazine groups is 1. The number of pyridine rings is 1. The van der Waals surface area contributed by atoms with Crippen LogP contribution in [0.5, 0.6) is 17.2 Å². The molecule has 0 aliphatic carbocycles. The molecule has 2 unspecified atom stereocenters. The van der Waals surface area contributed by atoms with E-state index in [9.17, 15) is 30.0 Å². The molecular formula is C46H53N5O8. The monoisotopic (exact) mass is 803 g/mol. The fourth-order valence-corrected chi connectivity index (χ4v) is 9.20. The molecule has 0 spiro atoms. The summed E-state index contributed by atoms with van der Waals surface area (Å²) in [6.45, 7) is 13.3. The lowest BCUT2D eigenvalue weighted by Gasteiger charge is -2.38. The predicted octanol–water partition coefficient (Wildman–Crippen LogP) is 6.98. The highest BCUT2D eigenvalue weighted by atomic mass is 16.6. The van der Waals surface area contributed by atoms with E-state index in [0.29, 0.717) is 71.4 Å². The molecule has 13 heteroatoms. The summed E-state index contributed by atoms with van der Waals surface area (Å²) >= 11 is 0. The molecule has 3 atom stereocenters. The Morgan fingerprint density at radius 1 is 1.07 bits per heavy atom. The van der Waals surface area contributed by atoms with Crippen molar-refractivity contribution in [3.05, 3.63) is 122 Å². The molecule has 0 saturated carbocycles. The van der Waals surface area contributed by atoms with E-state index in [1.54, 1.807) is 28.5 Å². The minimum absolute atomic E-state index is 0.0313. The van der Waals surface area contributed by atoms with Crippen molar-refractivity contribution >= 4 is 28.7 Å². The van der Waals surface area contributed by atoms with Crippen molar-refractivity contribution in [1.82, 2.24) is 9.47 Å². The average molecular weight is 804 g/mol. The first kappa shape index (κ1) is 40.2. The van der Waals surface area contributed by atoms with Crippen molar-refractivity contribution < 1.29 is 34.7 Å². The Morgan fingerprint density at radius 2 is 1.80 bits per heavy atom. The Bertz CT molecular complexity index is 2420. The molecule has 1 fully saturated rings. The molecule has 4 aromatic rings. The number of nitrogens with one attached hydrogen (secondary N) is 1. The highest BCUT2D eigenvalue weighted by molar-refractivity contribution is 5.85. The van der Waals surface area contributed by atoms with E-state index < -0.39 is 11.9 Å². The van der Waals surface area contributed by atoms with Crippen LogP contribution in [0, 0.1) is 5.92 Å². The number of likely N-dealkylation sites (tertiary alicyclic amines) is 1. The maximum Gasteiger partial charge on any atom is 0.415 e. The second kappa shape index (κ2) is 15.5. The lowest BCUT2D eigenvalue weighted by atomic mass is 9.84. The van der Waals surface area contributed by atoms with Crippen LogP contribution in [0.15, 0.2) is 77.6 Å². The van der Waals surface area contributed by atoms with Crippen molar-refractivity contribution in [1.29, 1.82) is 0 Å². The molecule has 0 radical (unpaired) electrons. The van der Waals surface area contributed by atoms with Gasteiger partial charge < -0.3 is 44.7 Å². The number of phenolic OH excluding ortho intramolecular Hbond substituents is 2. The minimum Gasteiger partial charge on any atom is -0.508 e. The van der Waals surface area contributed by atoms with Crippen LogP contribution in [0.1, 0.15) is 104 Å². The van der Waals surface area contributed by atoms with E-state index in [0.717, 1.165) is 52.9 Å². The molecule has 5 heterocycles. The number of phenols is 2. The van der Waals surface area contributed by atoms with Gasteiger partial charge >= 0.3 is 6.09 Å². The van der Waals surface area contributed by atoms with Gasteiger partial charge in [0.05, 0.1) is 24.0 Å². The lowest BCUT2D eigenvalue weighted by molar-refractivity contribution is -0.236. The van der Waals surface area contributed by atoms with Gasteiger partial charge in [0.15, 0.2) is 6.29 Å². The van der Waals surface area contributed by atoms with Gasteiger partial charge in [-0.15, -0.1) is 0 Å². The van der Waals surface area contributed by atoms with Crippen molar-refractivity contribution in [3.63, 3.8) is 0 Å². The predicted molar refractivity (Wildman–Crippen MR) is 226 cm³/mol. The first-order valence-corrected chi connectivity index (χ1v) is 20.5. The fourth-order valence-electron chi connectivity index (χ4n) is 9.20. The molecular weight excluding hydrogens is 751 g/mol. The number of nitrogens with zero attached hydrogens (tertiary/aromatic N) is 3. The molecule has 1 aromatic heterocycles. The summed E-state index contributed by atoms with van der Waals surface area (Å²) in [5.41, 5.74) is 6.91. The number of carbonyl (C=O) groups is 1. The largest absolute Gasteiger partial charge is 0.508 e. The Balaban J connectivity index is 0.893. The van der Waals surface area contributed by atoms with Crippen LogP contribution in [-0.2, 0) is 29.9 Å². The number of piperidine rings is 1. The summed E-state index contributed by atoms with van der Waals surface area (Å²) in [4.78, 5) is 28.9. The molecule has 8 rings (SSSR count). The molecule has 0 bridgehead atoms. The van der Waals surface area contributed by atoms with Crippen LogP contribution < -0.4 is 26.5 Å². The van der Waals surface area contributed by atoms with Crippen molar-refractivity contribution in [2.75, 3.05) is 23.4 Å². The first-order valence-electron chi connectivity index (χ1n) is 20.5. The zero-order chi connectivity index (χ0) is 41.9. The molecule has 4 aliphatic heterocycles. The number of aliphatic hydroxyl groups excluding tert-OH is 1. The van der Waals surface area contributed by atoms with Gasteiger partial charge in [-0.25, -0.2) is 10.6 Å². The van der Waals surface area contributed by atoms with E-state index in [2.05, 4.69) is 18.8 Å². The number of hydrogen-bond donors (Lipinski definition) is 6. The number of rotatable bonds is 9. The number of allylic oxidation sites excluding steroid dienone is 1. The molecule has 310 valence electrons. The second-order valence-electron chi connectivity index (χ2n) is 16.5. The SMILES string of the molecule is C=C(c1cc(C(C)C)c(O)cc1O)N(N)c1ccc(CC2CCN(C(=O)Oc3ccc4c(c3)C(CC)=C3Cn5c(cc6c(c5=O)CO[C@@H](O)C6(O)CC)C3N4)CC2)cc1. The van der Waals surface area contributed by atoms with Gasteiger partial charge in [0.25, 0.3) is 5.56 Å². The topological polar surface area (TPSA) is 183 Å². The summed E-state index contributed by atoms with van der Waals surface area (Å²) in [6.07, 6.45) is 1.59. The number of amides is 1. The van der Waals surface area contributed by atoms with Crippen LogP contribution >= 0.6 is 0 Å².